The van der Waals surface area contributed by atoms with Gasteiger partial charge in [0.05, 0.1) is 11.4 Å². The molecule has 0 aliphatic rings. The van der Waals surface area contributed by atoms with Gasteiger partial charge in [-0.2, -0.15) is 13.2 Å². The first-order chi connectivity index (χ1) is 11.5. The highest BCUT2D eigenvalue weighted by molar-refractivity contribution is 7.89. The summed E-state index contributed by atoms with van der Waals surface area (Å²) >= 11 is 5.64. The number of hydrogen-bond donors (Lipinski definition) is 2. The first-order valence-corrected chi connectivity index (χ1v) is 8.93. The summed E-state index contributed by atoms with van der Waals surface area (Å²) in [6.45, 7) is 0.473. The molecule has 0 aliphatic carbocycles. The third-order valence-electron chi connectivity index (χ3n) is 3.64. The highest BCUT2D eigenvalue weighted by Gasteiger charge is 2.55. The van der Waals surface area contributed by atoms with Crippen LogP contribution in [0.3, 0.4) is 0 Å². The standard InChI is InChI=1S/C16H15ClF3NO3S/c1-11-2-8-14(9-3-11)25(23,24)21-10-15(22,16(18,19)20)12-4-6-13(17)7-5-12/h2-9,21-22H,10H2,1H3. The third kappa shape index (κ3) is 4.33. The average Bonchev–Trinajstić information content (AvgIpc) is 2.52. The summed E-state index contributed by atoms with van der Waals surface area (Å²) in [4.78, 5) is -0.196. The van der Waals surface area contributed by atoms with Gasteiger partial charge in [0.25, 0.3) is 0 Å². The minimum atomic E-state index is -5.10. The van der Waals surface area contributed by atoms with Gasteiger partial charge in [-0.05, 0) is 36.8 Å². The molecule has 25 heavy (non-hydrogen) atoms. The zero-order valence-electron chi connectivity index (χ0n) is 13.0. The Hall–Kier alpha value is -1.61. The molecular formula is C16H15ClF3NO3S. The lowest BCUT2D eigenvalue weighted by molar-refractivity contribution is -0.263. The predicted octanol–water partition coefficient (Wildman–Crippen LogP) is 3.38. The number of halogens is 4. The van der Waals surface area contributed by atoms with Crippen molar-refractivity contribution in [3.8, 4) is 0 Å². The van der Waals surface area contributed by atoms with Gasteiger partial charge in [-0.3, -0.25) is 0 Å². The lowest BCUT2D eigenvalue weighted by atomic mass is 9.93. The van der Waals surface area contributed by atoms with E-state index in [0.717, 1.165) is 17.7 Å². The fourth-order valence-electron chi connectivity index (χ4n) is 2.09. The van der Waals surface area contributed by atoms with Crippen molar-refractivity contribution in [2.45, 2.75) is 23.6 Å². The molecule has 0 heterocycles. The molecule has 0 aromatic heterocycles. The van der Waals surface area contributed by atoms with Crippen LogP contribution in [-0.4, -0.2) is 26.2 Å². The molecule has 4 nitrogen and oxygen atoms in total. The fraction of sp³-hybridized carbons (Fsp3) is 0.250. The molecule has 0 amide bonds. The molecule has 2 N–H and O–H groups in total. The van der Waals surface area contributed by atoms with Crippen LogP contribution in [0, 0.1) is 6.92 Å². The molecule has 0 saturated carbocycles. The SMILES string of the molecule is Cc1ccc(S(=O)(=O)NCC(O)(c2ccc(Cl)cc2)C(F)(F)F)cc1. The van der Waals surface area contributed by atoms with E-state index >= 15 is 0 Å². The number of rotatable bonds is 5. The molecular weight excluding hydrogens is 379 g/mol. The molecule has 2 aromatic carbocycles. The smallest absolute Gasteiger partial charge is 0.375 e. The molecule has 0 spiro atoms. The quantitative estimate of drug-likeness (QED) is 0.818. The maximum Gasteiger partial charge on any atom is 0.422 e. The minimum Gasteiger partial charge on any atom is -0.375 e. The first kappa shape index (κ1) is 19.7. The van der Waals surface area contributed by atoms with Crippen molar-refractivity contribution in [2.24, 2.45) is 0 Å². The summed E-state index contributed by atoms with van der Waals surface area (Å²) in [7, 11) is -4.22. The fourth-order valence-corrected chi connectivity index (χ4v) is 3.28. The van der Waals surface area contributed by atoms with Crippen LogP contribution in [0.2, 0.25) is 5.02 Å². The van der Waals surface area contributed by atoms with E-state index in [9.17, 15) is 26.7 Å². The third-order valence-corrected chi connectivity index (χ3v) is 5.31. The Morgan fingerprint density at radius 1 is 1.04 bits per heavy atom. The number of nitrogens with one attached hydrogen (secondary N) is 1. The monoisotopic (exact) mass is 393 g/mol. The van der Waals surface area contributed by atoms with E-state index < -0.39 is 33.9 Å². The van der Waals surface area contributed by atoms with Crippen LogP contribution < -0.4 is 4.72 Å². The zero-order valence-corrected chi connectivity index (χ0v) is 14.6. The van der Waals surface area contributed by atoms with Crippen LogP contribution in [-0.2, 0) is 15.6 Å². The molecule has 0 fully saturated rings. The Morgan fingerprint density at radius 2 is 1.56 bits per heavy atom. The number of sulfonamides is 1. The largest absolute Gasteiger partial charge is 0.422 e. The Morgan fingerprint density at radius 3 is 2.04 bits per heavy atom. The van der Waals surface area contributed by atoms with Gasteiger partial charge >= 0.3 is 6.18 Å². The number of aryl methyl sites for hydroxylation is 1. The lowest BCUT2D eigenvalue weighted by Crippen LogP contribution is -2.51. The zero-order chi connectivity index (χ0) is 18.9. The van der Waals surface area contributed by atoms with E-state index in [1.807, 2.05) is 4.72 Å². The second-order valence-electron chi connectivity index (χ2n) is 5.50. The minimum absolute atomic E-state index is 0.188. The summed E-state index contributed by atoms with van der Waals surface area (Å²) in [5.41, 5.74) is -3.11. The van der Waals surface area contributed by atoms with E-state index in [0.29, 0.717) is 0 Å². The number of hydrogen-bond acceptors (Lipinski definition) is 3. The van der Waals surface area contributed by atoms with Gasteiger partial charge in [0, 0.05) is 5.02 Å². The molecule has 0 aliphatic heterocycles. The van der Waals surface area contributed by atoms with Crippen molar-refractivity contribution in [3.63, 3.8) is 0 Å². The van der Waals surface area contributed by atoms with E-state index in [1.54, 1.807) is 6.92 Å². The molecule has 0 saturated heterocycles. The topological polar surface area (TPSA) is 66.4 Å². The van der Waals surface area contributed by atoms with Crippen molar-refractivity contribution in [2.75, 3.05) is 6.54 Å². The van der Waals surface area contributed by atoms with Gasteiger partial charge in [-0.15, -0.1) is 0 Å². The van der Waals surface area contributed by atoms with Crippen LogP contribution in [0.25, 0.3) is 0 Å². The summed E-state index contributed by atoms with van der Waals surface area (Å²) in [5.74, 6) is 0. The molecule has 2 rings (SSSR count). The highest BCUT2D eigenvalue weighted by atomic mass is 35.5. The Labute approximate surface area is 148 Å². The lowest BCUT2D eigenvalue weighted by Gasteiger charge is -2.31. The maximum absolute atomic E-state index is 13.4. The van der Waals surface area contributed by atoms with Crippen LogP contribution in [0.1, 0.15) is 11.1 Å². The molecule has 136 valence electrons. The normalized spacial score (nSPS) is 15.0. The second kappa shape index (κ2) is 6.95. The summed E-state index contributed by atoms with van der Waals surface area (Å²) in [5, 5.41) is 10.4. The molecule has 0 radical (unpaired) electrons. The van der Waals surface area contributed by atoms with Gasteiger partial charge in [0.2, 0.25) is 10.0 Å². The van der Waals surface area contributed by atoms with E-state index in [1.165, 1.54) is 36.4 Å². The Kier molecular flexibility index (Phi) is 5.48. The molecule has 2 aromatic rings. The number of benzene rings is 2. The predicted molar refractivity (Wildman–Crippen MR) is 87.8 cm³/mol. The molecule has 9 heteroatoms. The second-order valence-corrected chi connectivity index (χ2v) is 7.71. The van der Waals surface area contributed by atoms with E-state index in [4.69, 9.17) is 11.6 Å². The van der Waals surface area contributed by atoms with Crippen LogP contribution in [0.4, 0.5) is 13.2 Å². The van der Waals surface area contributed by atoms with Gasteiger partial charge < -0.3 is 5.11 Å². The first-order valence-electron chi connectivity index (χ1n) is 7.07. The van der Waals surface area contributed by atoms with Gasteiger partial charge in [-0.25, -0.2) is 13.1 Å². The summed E-state index contributed by atoms with van der Waals surface area (Å²) in [6, 6.07) is 9.93. The molecule has 1 unspecified atom stereocenters. The number of alkyl halides is 3. The molecule has 1 atom stereocenters. The van der Waals surface area contributed by atoms with E-state index in [2.05, 4.69) is 0 Å². The summed E-state index contributed by atoms with van der Waals surface area (Å²) < 4.78 is 66.4. The summed E-state index contributed by atoms with van der Waals surface area (Å²) in [6.07, 6.45) is -5.10. The molecule has 0 bridgehead atoms. The van der Waals surface area contributed by atoms with Crippen LogP contribution in [0.5, 0.6) is 0 Å². The van der Waals surface area contributed by atoms with Gasteiger partial charge in [0.15, 0.2) is 5.60 Å². The maximum atomic E-state index is 13.4. The van der Waals surface area contributed by atoms with Crippen LogP contribution in [0.15, 0.2) is 53.4 Å². The Bertz CT molecular complexity index is 836. The van der Waals surface area contributed by atoms with Crippen LogP contribution >= 0.6 is 11.6 Å². The van der Waals surface area contributed by atoms with Gasteiger partial charge in [0.1, 0.15) is 0 Å². The van der Waals surface area contributed by atoms with Crippen molar-refractivity contribution in [3.05, 3.63) is 64.7 Å². The van der Waals surface area contributed by atoms with Crippen molar-refractivity contribution < 1.29 is 26.7 Å². The highest BCUT2D eigenvalue weighted by Crippen LogP contribution is 2.39. The van der Waals surface area contributed by atoms with Crippen molar-refractivity contribution in [1.82, 2.24) is 4.72 Å². The van der Waals surface area contributed by atoms with E-state index in [-0.39, 0.29) is 9.92 Å². The van der Waals surface area contributed by atoms with Crippen molar-refractivity contribution >= 4 is 21.6 Å². The van der Waals surface area contributed by atoms with Crippen molar-refractivity contribution in [1.29, 1.82) is 0 Å². The number of aliphatic hydroxyl groups is 1. The average molecular weight is 394 g/mol. The Balaban J connectivity index is 2.32. The van der Waals surface area contributed by atoms with Gasteiger partial charge in [-0.1, -0.05) is 41.4 Å².